The number of ether oxygens (including phenoxy) is 1. The number of hydrogen-bond acceptors (Lipinski definition) is 4. The van der Waals surface area contributed by atoms with Crippen LogP contribution in [0.4, 0.5) is 0 Å². The molecule has 0 spiro atoms. The van der Waals surface area contributed by atoms with Crippen molar-refractivity contribution in [3.63, 3.8) is 0 Å². The Kier molecular flexibility index (Phi) is 6.47. The van der Waals surface area contributed by atoms with Crippen molar-refractivity contribution in [3.05, 3.63) is 47.7 Å². The van der Waals surface area contributed by atoms with Crippen molar-refractivity contribution in [2.75, 3.05) is 33.3 Å². The van der Waals surface area contributed by atoms with E-state index in [9.17, 15) is 0 Å². The summed E-state index contributed by atoms with van der Waals surface area (Å²) >= 11 is 0. The van der Waals surface area contributed by atoms with Crippen LogP contribution in [0, 0.1) is 0 Å². The molecule has 3 aromatic rings. The maximum atomic E-state index is 5.35. The average Bonchev–Trinajstić information content (AvgIpc) is 3.01. The number of benzene rings is 1. The molecule has 2 fully saturated rings. The Bertz CT molecular complexity index is 1040. The molecule has 0 amide bonds. The number of nitrogens with zero attached hydrogens (tertiary/aromatic N) is 2. The molecule has 2 aliphatic rings. The van der Waals surface area contributed by atoms with Crippen LogP contribution in [0.15, 0.2) is 36.5 Å². The molecular formula is C27H36N4O. The van der Waals surface area contributed by atoms with Gasteiger partial charge >= 0.3 is 0 Å². The molecule has 2 aromatic heterocycles. The molecule has 0 saturated carbocycles. The summed E-state index contributed by atoms with van der Waals surface area (Å²) in [5, 5.41) is 4.93. The van der Waals surface area contributed by atoms with Gasteiger partial charge in [-0.25, -0.2) is 4.98 Å². The average molecular weight is 433 g/mol. The third-order valence-electron chi connectivity index (χ3n) is 7.58. The Labute approximate surface area is 191 Å². The summed E-state index contributed by atoms with van der Waals surface area (Å²) in [7, 11) is 1.67. The zero-order valence-electron chi connectivity index (χ0n) is 19.5. The minimum atomic E-state index is 0.653. The molecule has 0 unspecified atom stereocenters. The van der Waals surface area contributed by atoms with Crippen LogP contribution >= 0.6 is 0 Å². The van der Waals surface area contributed by atoms with E-state index in [1.54, 1.807) is 7.11 Å². The molecule has 1 aromatic carbocycles. The molecule has 5 nitrogen and oxygen atoms in total. The second-order valence-electron chi connectivity index (χ2n) is 9.37. The third-order valence-corrected chi connectivity index (χ3v) is 7.58. The quantitative estimate of drug-likeness (QED) is 0.587. The van der Waals surface area contributed by atoms with E-state index in [1.807, 2.05) is 12.3 Å². The highest BCUT2D eigenvalue weighted by Crippen LogP contribution is 2.36. The highest BCUT2D eigenvalue weighted by Gasteiger charge is 2.26. The zero-order valence-corrected chi connectivity index (χ0v) is 19.5. The normalized spacial score (nSPS) is 21.0. The van der Waals surface area contributed by atoms with Crippen molar-refractivity contribution in [1.29, 1.82) is 0 Å². The van der Waals surface area contributed by atoms with Gasteiger partial charge in [-0.2, -0.15) is 0 Å². The molecule has 5 heteroatoms. The largest absolute Gasteiger partial charge is 0.481 e. The summed E-state index contributed by atoms with van der Waals surface area (Å²) in [6.45, 7) is 7.10. The Hall–Kier alpha value is -2.37. The summed E-state index contributed by atoms with van der Waals surface area (Å²) < 4.78 is 5.35. The molecule has 32 heavy (non-hydrogen) atoms. The van der Waals surface area contributed by atoms with Crippen LogP contribution in [-0.4, -0.2) is 54.2 Å². The maximum Gasteiger partial charge on any atom is 0.213 e. The van der Waals surface area contributed by atoms with Crippen LogP contribution in [-0.2, 0) is 6.42 Å². The summed E-state index contributed by atoms with van der Waals surface area (Å²) in [5.41, 5.74) is 6.44. The standard InChI is InChI=1S/C27H36N4O/c1-3-23-24-17-20(19-10-15-31(16-11-19)22-5-4-12-28-13-9-22)6-7-25(24)30-27(23)21-8-14-29-26(18-21)32-2/h6-8,14,17-19,22,28,30H,3-5,9-13,15-16H2,1-2H3/t22-/m0/s1. The molecule has 2 saturated heterocycles. The van der Waals surface area contributed by atoms with Crippen molar-refractivity contribution in [2.45, 2.75) is 57.4 Å². The number of likely N-dealkylation sites (tertiary alicyclic amines) is 1. The molecule has 4 heterocycles. The van der Waals surface area contributed by atoms with Crippen molar-refractivity contribution >= 4 is 10.9 Å². The van der Waals surface area contributed by atoms with Gasteiger partial charge in [-0.05, 0) is 99.9 Å². The van der Waals surface area contributed by atoms with Crippen LogP contribution < -0.4 is 10.1 Å². The van der Waals surface area contributed by atoms with Gasteiger partial charge in [0.25, 0.3) is 0 Å². The molecule has 2 aliphatic heterocycles. The van der Waals surface area contributed by atoms with Crippen molar-refractivity contribution in [1.82, 2.24) is 20.2 Å². The Morgan fingerprint density at radius 3 is 2.75 bits per heavy atom. The summed E-state index contributed by atoms with van der Waals surface area (Å²) in [4.78, 5) is 10.7. The fourth-order valence-corrected chi connectivity index (χ4v) is 5.77. The SMILES string of the molecule is CCc1c(-c2ccnc(OC)c2)[nH]c2ccc(C3CCN([C@H]4CCCNCC4)CC3)cc12. The van der Waals surface area contributed by atoms with Gasteiger partial charge in [-0.3, -0.25) is 0 Å². The number of pyridine rings is 1. The minimum absolute atomic E-state index is 0.653. The number of aromatic amines is 1. The molecule has 2 N–H and O–H groups in total. The molecule has 0 radical (unpaired) electrons. The van der Waals surface area contributed by atoms with Gasteiger partial charge in [-0.1, -0.05) is 13.0 Å². The van der Waals surface area contributed by atoms with Gasteiger partial charge in [0.1, 0.15) is 0 Å². The number of aromatic nitrogens is 2. The summed E-state index contributed by atoms with van der Waals surface area (Å²) in [6.07, 6.45) is 9.35. The van der Waals surface area contributed by atoms with E-state index in [0.717, 1.165) is 18.0 Å². The highest BCUT2D eigenvalue weighted by atomic mass is 16.5. The van der Waals surface area contributed by atoms with E-state index >= 15 is 0 Å². The minimum Gasteiger partial charge on any atom is -0.481 e. The molecule has 5 rings (SSSR count). The maximum absolute atomic E-state index is 5.35. The first kappa shape index (κ1) is 21.5. The third kappa shape index (κ3) is 4.28. The van der Waals surface area contributed by atoms with E-state index in [4.69, 9.17) is 4.74 Å². The lowest BCUT2D eigenvalue weighted by Crippen LogP contribution is -2.41. The van der Waals surface area contributed by atoms with Crippen molar-refractivity contribution in [3.8, 4) is 17.1 Å². The number of aryl methyl sites for hydroxylation is 1. The monoisotopic (exact) mass is 432 g/mol. The number of methoxy groups -OCH3 is 1. The second-order valence-corrected chi connectivity index (χ2v) is 9.37. The summed E-state index contributed by atoms with van der Waals surface area (Å²) in [5.74, 6) is 1.32. The molecule has 1 atom stereocenters. The van der Waals surface area contributed by atoms with Gasteiger partial charge in [0.15, 0.2) is 0 Å². The van der Waals surface area contributed by atoms with Crippen LogP contribution in [0.2, 0.25) is 0 Å². The van der Waals surface area contributed by atoms with E-state index < -0.39 is 0 Å². The number of piperidine rings is 1. The number of nitrogens with one attached hydrogen (secondary N) is 2. The number of rotatable bonds is 5. The molecule has 170 valence electrons. The van der Waals surface area contributed by atoms with Crippen LogP contribution in [0.5, 0.6) is 5.88 Å². The summed E-state index contributed by atoms with van der Waals surface area (Å²) in [6, 6.07) is 12.0. The first-order valence-corrected chi connectivity index (χ1v) is 12.4. The molecule has 0 bridgehead atoms. The number of fused-ring (bicyclic) bond motifs is 1. The highest BCUT2D eigenvalue weighted by molar-refractivity contribution is 5.91. The predicted octanol–water partition coefficient (Wildman–Crippen LogP) is 5.12. The van der Waals surface area contributed by atoms with Crippen molar-refractivity contribution < 1.29 is 4.74 Å². The zero-order chi connectivity index (χ0) is 21.9. The van der Waals surface area contributed by atoms with E-state index in [2.05, 4.69) is 51.4 Å². The topological polar surface area (TPSA) is 53.2 Å². The molecular weight excluding hydrogens is 396 g/mol. The van der Waals surface area contributed by atoms with E-state index in [0.29, 0.717) is 11.8 Å². The van der Waals surface area contributed by atoms with Crippen LogP contribution in [0.1, 0.15) is 56.1 Å². The predicted molar refractivity (Wildman–Crippen MR) is 132 cm³/mol. The van der Waals surface area contributed by atoms with E-state index in [-0.39, 0.29) is 0 Å². The number of H-pyrrole nitrogens is 1. The van der Waals surface area contributed by atoms with Gasteiger partial charge in [0, 0.05) is 40.5 Å². The first-order valence-electron chi connectivity index (χ1n) is 12.4. The van der Waals surface area contributed by atoms with Gasteiger partial charge in [-0.15, -0.1) is 0 Å². The van der Waals surface area contributed by atoms with Gasteiger partial charge < -0.3 is 19.9 Å². The van der Waals surface area contributed by atoms with Gasteiger partial charge in [0.05, 0.1) is 7.11 Å². The fourth-order valence-electron chi connectivity index (χ4n) is 5.77. The second kappa shape index (κ2) is 9.63. The lowest BCUT2D eigenvalue weighted by Gasteiger charge is -2.37. The Morgan fingerprint density at radius 2 is 1.94 bits per heavy atom. The fraction of sp³-hybridized carbons (Fsp3) is 0.519. The smallest absolute Gasteiger partial charge is 0.213 e. The lowest BCUT2D eigenvalue weighted by atomic mass is 9.87. The first-order chi connectivity index (χ1) is 15.8. The van der Waals surface area contributed by atoms with Crippen LogP contribution in [0.3, 0.4) is 0 Å². The molecule has 0 aliphatic carbocycles. The Morgan fingerprint density at radius 1 is 1.06 bits per heavy atom. The lowest BCUT2D eigenvalue weighted by molar-refractivity contribution is 0.141. The van der Waals surface area contributed by atoms with E-state index in [1.165, 1.54) is 86.0 Å². The van der Waals surface area contributed by atoms with Crippen LogP contribution in [0.25, 0.3) is 22.2 Å². The Balaban J connectivity index is 1.37. The van der Waals surface area contributed by atoms with Gasteiger partial charge in [0.2, 0.25) is 5.88 Å². The number of hydrogen-bond donors (Lipinski definition) is 2. The van der Waals surface area contributed by atoms with Crippen molar-refractivity contribution in [2.24, 2.45) is 0 Å².